The number of hydrogen-bond donors (Lipinski definition) is 0. The number of benzene rings is 9. The van der Waals surface area contributed by atoms with Gasteiger partial charge >= 0.3 is 0 Å². The topological polar surface area (TPSA) is 43.6 Å². The molecule has 0 unspecified atom stereocenters. The summed E-state index contributed by atoms with van der Waals surface area (Å²) in [4.78, 5) is 16.2. The number of para-hydroxylation sites is 2. The van der Waals surface area contributed by atoms with Crippen molar-refractivity contribution < 1.29 is 0 Å². The SMILES string of the molecule is c1ccc(-c2cc(-c3ccccc3)cc(-c3cc(-c4ccccc4)nc(-c4ccc5c(c4)nc(-c4ccccc4)c4cc6c(cc45)c4ccccc4n6-c4ccccc4)n3)c2)cc1. The summed E-state index contributed by atoms with van der Waals surface area (Å²) < 4.78 is 2.37. The molecule has 0 bridgehead atoms. The normalized spacial score (nSPS) is 11.5. The summed E-state index contributed by atoms with van der Waals surface area (Å²) in [6, 6.07) is 81.5. The molecule has 0 saturated carbocycles. The van der Waals surface area contributed by atoms with Crippen molar-refractivity contribution >= 4 is 43.5 Å². The first-order valence-electron chi connectivity index (χ1n) is 21.3. The number of rotatable bonds is 7. The van der Waals surface area contributed by atoms with Crippen molar-refractivity contribution in [1.82, 2.24) is 19.5 Å². The van der Waals surface area contributed by atoms with Crippen LogP contribution in [0.1, 0.15) is 0 Å². The molecule has 0 atom stereocenters. The van der Waals surface area contributed by atoms with Gasteiger partial charge < -0.3 is 4.57 Å². The Hall–Kier alpha value is -8.47. The summed E-state index contributed by atoms with van der Waals surface area (Å²) in [6.45, 7) is 0. The third-order valence-electron chi connectivity index (χ3n) is 12.1. The van der Waals surface area contributed by atoms with E-state index in [-0.39, 0.29) is 0 Å². The molecule has 12 aromatic rings. The third kappa shape index (κ3) is 6.53. The van der Waals surface area contributed by atoms with Crippen molar-refractivity contribution in [2.75, 3.05) is 0 Å². The summed E-state index contributed by atoms with van der Waals surface area (Å²) in [7, 11) is 0. The second kappa shape index (κ2) is 15.2. The molecule has 4 nitrogen and oxygen atoms in total. The monoisotopic (exact) mass is 802 g/mol. The zero-order chi connectivity index (χ0) is 41.7. The summed E-state index contributed by atoms with van der Waals surface area (Å²) >= 11 is 0. The maximum Gasteiger partial charge on any atom is 0.160 e. The lowest BCUT2D eigenvalue weighted by Crippen LogP contribution is -1.97. The number of aromatic nitrogens is 4. The first kappa shape index (κ1) is 36.4. The molecule has 0 aliphatic carbocycles. The Morgan fingerprint density at radius 1 is 0.270 bits per heavy atom. The molecule has 0 aliphatic rings. The van der Waals surface area contributed by atoms with E-state index in [1.54, 1.807) is 0 Å². The van der Waals surface area contributed by atoms with Crippen LogP contribution in [0, 0.1) is 0 Å². The van der Waals surface area contributed by atoms with E-state index in [4.69, 9.17) is 15.0 Å². The average Bonchev–Trinajstić information content (AvgIpc) is 3.69. The molecule has 0 aliphatic heterocycles. The molecule has 0 fully saturated rings. The van der Waals surface area contributed by atoms with E-state index in [1.807, 2.05) is 6.07 Å². The fraction of sp³-hybridized carbons (Fsp3) is 0. The summed E-state index contributed by atoms with van der Waals surface area (Å²) in [5.74, 6) is 0.643. The second-order valence-electron chi connectivity index (χ2n) is 16.0. The third-order valence-corrected chi connectivity index (χ3v) is 12.1. The number of nitrogens with zero attached hydrogens (tertiary/aromatic N) is 4. The Morgan fingerprint density at radius 2 is 0.810 bits per heavy atom. The van der Waals surface area contributed by atoms with Gasteiger partial charge in [-0.05, 0) is 88.3 Å². The van der Waals surface area contributed by atoms with E-state index < -0.39 is 0 Å². The molecule has 3 aromatic heterocycles. The van der Waals surface area contributed by atoms with Crippen LogP contribution in [0.2, 0.25) is 0 Å². The fourth-order valence-electron chi connectivity index (χ4n) is 9.13. The van der Waals surface area contributed by atoms with Crippen LogP contribution in [0.3, 0.4) is 0 Å². The zero-order valence-corrected chi connectivity index (χ0v) is 34.2. The average molecular weight is 803 g/mol. The van der Waals surface area contributed by atoms with Gasteiger partial charge in [-0.2, -0.15) is 0 Å². The van der Waals surface area contributed by atoms with Crippen LogP contribution in [-0.2, 0) is 0 Å². The van der Waals surface area contributed by atoms with Crippen LogP contribution < -0.4 is 0 Å². The highest BCUT2D eigenvalue weighted by Gasteiger charge is 2.19. The predicted octanol–water partition coefficient (Wildman–Crippen LogP) is 15.3. The molecular formula is C59H38N4. The van der Waals surface area contributed by atoms with Gasteiger partial charge in [-0.25, -0.2) is 15.0 Å². The second-order valence-corrected chi connectivity index (χ2v) is 16.0. The van der Waals surface area contributed by atoms with Crippen LogP contribution in [0.15, 0.2) is 231 Å². The minimum Gasteiger partial charge on any atom is -0.309 e. The Kier molecular flexibility index (Phi) is 8.79. The van der Waals surface area contributed by atoms with E-state index in [0.29, 0.717) is 5.82 Å². The van der Waals surface area contributed by atoms with Crippen LogP contribution in [0.25, 0.3) is 117 Å². The predicted molar refractivity (Wildman–Crippen MR) is 262 cm³/mol. The molecule has 0 amide bonds. The van der Waals surface area contributed by atoms with Crippen LogP contribution >= 0.6 is 0 Å². The van der Waals surface area contributed by atoms with Gasteiger partial charge in [-0.1, -0.05) is 170 Å². The van der Waals surface area contributed by atoms with E-state index in [2.05, 4.69) is 229 Å². The maximum absolute atomic E-state index is 5.51. The van der Waals surface area contributed by atoms with E-state index in [1.165, 1.54) is 16.3 Å². The number of pyridine rings is 1. The van der Waals surface area contributed by atoms with Gasteiger partial charge in [-0.3, -0.25) is 0 Å². The van der Waals surface area contributed by atoms with E-state index in [9.17, 15) is 0 Å². The van der Waals surface area contributed by atoms with Crippen LogP contribution in [0.4, 0.5) is 0 Å². The Balaban J connectivity index is 1.09. The molecule has 9 aromatic carbocycles. The molecule has 294 valence electrons. The van der Waals surface area contributed by atoms with Gasteiger partial charge in [0, 0.05) is 49.5 Å². The quantitative estimate of drug-likeness (QED) is 0.151. The standard InChI is InChI=1S/C59H38N4/c1-6-18-39(19-7-1)44-32-45(40-20-8-2-9-21-40)34-46(33-44)54-38-53(41-22-10-3-11-23-41)61-59(62-54)43-30-31-48-50-36-51-49-28-16-17-29-56(49)63(47-26-14-5-15-27-47)57(51)37-52(50)58(60-55(48)35-43)42-24-12-4-13-25-42/h1-38H. The largest absolute Gasteiger partial charge is 0.309 e. The Bertz CT molecular complexity index is 3580. The maximum atomic E-state index is 5.51. The molecule has 0 N–H and O–H groups in total. The van der Waals surface area contributed by atoms with Crippen molar-refractivity contribution in [2.24, 2.45) is 0 Å². The Morgan fingerprint density at radius 3 is 1.46 bits per heavy atom. The van der Waals surface area contributed by atoms with Gasteiger partial charge in [0.2, 0.25) is 0 Å². The van der Waals surface area contributed by atoms with Crippen molar-refractivity contribution in [1.29, 1.82) is 0 Å². The van der Waals surface area contributed by atoms with Gasteiger partial charge in [0.05, 0.1) is 33.6 Å². The highest BCUT2D eigenvalue weighted by atomic mass is 15.0. The first-order valence-corrected chi connectivity index (χ1v) is 21.3. The lowest BCUT2D eigenvalue weighted by Gasteiger charge is -2.14. The number of hydrogen-bond acceptors (Lipinski definition) is 3. The van der Waals surface area contributed by atoms with Crippen molar-refractivity contribution in [3.8, 4) is 73.1 Å². The van der Waals surface area contributed by atoms with Gasteiger partial charge in [0.25, 0.3) is 0 Å². The molecule has 63 heavy (non-hydrogen) atoms. The molecule has 0 saturated heterocycles. The Labute approximate surface area is 365 Å². The van der Waals surface area contributed by atoms with Crippen molar-refractivity contribution in [3.63, 3.8) is 0 Å². The summed E-state index contributed by atoms with van der Waals surface area (Å²) in [5.41, 5.74) is 15.6. The van der Waals surface area contributed by atoms with E-state index >= 15 is 0 Å². The highest BCUT2D eigenvalue weighted by Crippen LogP contribution is 2.41. The minimum atomic E-state index is 0.643. The molecule has 0 spiro atoms. The van der Waals surface area contributed by atoms with Crippen LogP contribution in [0.5, 0.6) is 0 Å². The van der Waals surface area contributed by atoms with Gasteiger partial charge in [-0.15, -0.1) is 0 Å². The highest BCUT2D eigenvalue weighted by molar-refractivity contribution is 6.20. The molecule has 4 heteroatoms. The smallest absolute Gasteiger partial charge is 0.160 e. The lowest BCUT2D eigenvalue weighted by atomic mass is 9.94. The van der Waals surface area contributed by atoms with Crippen molar-refractivity contribution in [2.45, 2.75) is 0 Å². The summed E-state index contributed by atoms with van der Waals surface area (Å²) in [5, 5.41) is 5.75. The molecule has 12 rings (SSSR count). The molecular weight excluding hydrogens is 765 g/mol. The van der Waals surface area contributed by atoms with Gasteiger partial charge in [0.15, 0.2) is 5.82 Å². The lowest BCUT2D eigenvalue weighted by molar-refractivity contribution is 1.18. The molecule has 0 radical (unpaired) electrons. The fourth-order valence-corrected chi connectivity index (χ4v) is 9.13. The number of fused-ring (bicyclic) bond motifs is 6. The molecule has 3 heterocycles. The minimum absolute atomic E-state index is 0.643. The van der Waals surface area contributed by atoms with E-state index in [0.717, 1.165) is 94.5 Å². The zero-order valence-electron chi connectivity index (χ0n) is 34.2. The van der Waals surface area contributed by atoms with Crippen LogP contribution in [-0.4, -0.2) is 19.5 Å². The first-order chi connectivity index (χ1) is 31.2. The van der Waals surface area contributed by atoms with Crippen molar-refractivity contribution in [3.05, 3.63) is 231 Å². The summed E-state index contributed by atoms with van der Waals surface area (Å²) in [6.07, 6.45) is 0. The van der Waals surface area contributed by atoms with Gasteiger partial charge in [0.1, 0.15) is 0 Å².